The van der Waals surface area contributed by atoms with Gasteiger partial charge in [0.2, 0.25) is 0 Å². The van der Waals surface area contributed by atoms with Crippen LogP contribution >= 0.6 is 11.6 Å². The Labute approximate surface area is 194 Å². The molecule has 3 rings (SSSR count). The first-order valence-corrected chi connectivity index (χ1v) is 10.8. The number of hydrogen-bond acceptors (Lipinski definition) is 3. The third kappa shape index (κ3) is 6.23. The lowest BCUT2D eigenvalue weighted by Gasteiger charge is -2.13. The molecule has 0 fully saturated rings. The van der Waals surface area contributed by atoms with Crippen LogP contribution in [0.2, 0.25) is 5.02 Å². The van der Waals surface area contributed by atoms with Crippen LogP contribution in [0.4, 0.5) is 5.69 Å². The summed E-state index contributed by atoms with van der Waals surface area (Å²) in [6, 6.07) is 21.0. The van der Waals surface area contributed by atoms with E-state index in [0.717, 1.165) is 23.3 Å². The molecule has 0 aromatic heterocycles. The van der Waals surface area contributed by atoms with E-state index in [1.807, 2.05) is 31.2 Å². The molecular formula is C27H25ClN2O2. The number of hydrogen-bond donors (Lipinski definition) is 1. The van der Waals surface area contributed by atoms with Crippen LogP contribution in [0.1, 0.15) is 34.7 Å². The minimum atomic E-state index is -0.480. The van der Waals surface area contributed by atoms with E-state index in [2.05, 4.69) is 37.4 Å². The van der Waals surface area contributed by atoms with Crippen molar-refractivity contribution in [2.75, 3.05) is 11.9 Å². The van der Waals surface area contributed by atoms with Gasteiger partial charge in [-0.1, -0.05) is 53.1 Å². The van der Waals surface area contributed by atoms with E-state index in [1.54, 1.807) is 30.3 Å². The largest absolute Gasteiger partial charge is 0.494 e. The number of amides is 1. The Hall–Kier alpha value is -3.55. The van der Waals surface area contributed by atoms with Crippen molar-refractivity contribution in [3.8, 4) is 11.8 Å². The molecule has 32 heavy (non-hydrogen) atoms. The number of anilines is 1. The fraction of sp³-hybridized carbons (Fsp3) is 0.185. The van der Waals surface area contributed by atoms with Gasteiger partial charge in [-0.3, -0.25) is 4.79 Å². The maximum Gasteiger partial charge on any atom is 0.266 e. The third-order valence-electron chi connectivity index (χ3n) is 4.85. The molecule has 1 amide bonds. The van der Waals surface area contributed by atoms with Crippen LogP contribution in [0.25, 0.3) is 6.08 Å². The lowest BCUT2D eigenvalue weighted by molar-refractivity contribution is -0.112. The van der Waals surface area contributed by atoms with Crippen molar-refractivity contribution in [3.63, 3.8) is 0 Å². The van der Waals surface area contributed by atoms with Crippen molar-refractivity contribution < 1.29 is 9.53 Å². The number of ether oxygens (including phenoxy) is 1. The Morgan fingerprint density at radius 1 is 1.06 bits per heavy atom. The van der Waals surface area contributed by atoms with Crippen molar-refractivity contribution in [2.24, 2.45) is 0 Å². The number of carbonyl (C=O) groups is 1. The molecule has 0 aliphatic rings. The van der Waals surface area contributed by atoms with Crippen LogP contribution in [0.5, 0.6) is 5.75 Å². The summed E-state index contributed by atoms with van der Waals surface area (Å²) in [5.74, 6) is 0.267. The van der Waals surface area contributed by atoms with Crippen LogP contribution in [-0.4, -0.2) is 12.5 Å². The molecule has 3 aromatic rings. The molecule has 0 unspecified atom stereocenters. The molecule has 0 saturated carbocycles. The SMILES string of the molecule is CCOc1cc(/C=C(\C#N)C(=O)Nc2ccc(Cl)cc2)ccc1Cc1cc(C)cc(C)c1. The predicted molar refractivity (Wildman–Crippen MR) is 130 cm³/mol. The fourth-order valence-corrected chi connectivity index (χ4v) is 3.66. The molecule has 0 aliphatic carbocycles. The van der Waals surface area contributed by atoms with Crippen molar-refractivity contribution >= 4 is 29.3 Å². The highest BCUT2D eigenvalue weighted by atomic mass is 35.5. The van der Waals surface area contributed by atoms with Gasteiger partial charge < -0.3 is 10.1 Å². The average Bonchev–Trinajstić information content (AvgIpc) is 2.74. The number of aryl methyl sites for hydroxylation is 2. The van der Waals surface area contributed by atoms with Gasteiger partial charge in [0.1, 0.15) is 17.4 Å². The summed E-state index contributed by atoms with van der Waals surface area (Å²) in [6.07, 6.45) is 2.30. The maximum atomic E-state index is 12.5. The predicted octanol–water partition coefficient (Wildman–Crippen LogP) is 6.49. The molecule has 162 valence electrons. The zero-order valence-corrected chi connectivity index (χ0v) is 19.2. The van der Waals surface area contributed by atoms with Gasteiger partial charge in [0, 0.05) is 17.1 Å². The standard InChI is InChI=1S/C27H25ClN2O2/c1-4-32-26-16-20(5-6-22(26)15-21-12-18(2)11-19(3)13-21)14-23(17-29)27(31)30-25-9-7-24(28)8-10-25/h5-14,16H,4,15H2,1-3H3,(H,30,31)/b23-14+. The van der Waals surface area contributed by atoms with E-state index in [-0.39, 0.29) is 5.57 Å². The van der Waals surface area contributed by atoms with Crippen molar-refractivity contribution in [1.82, 2.24) is 0 Å². The monoisotopic (exact) mass is 444 g/mol. The van der Waals surface area contributed by atoms with Gasteiger partial charge in [-0.15, -0.1) is 0 Å². The number of benzene rings is 3. The summed E-state index contributed by atoms with van der Waals surface area (Å²) in [7, 11) is 0. The number of carbonyl (C=O) groups excluding carboxylic acids is 1. The Bertz CT molecular complexity index is 1170. The first-order chi connectivity index (χ1) is 15.4. The Morgan fingerprint density at radius 3 is 2.38 bits per heavy atom. The molecule has 4 nitrogen and oxygen atoms in total. The molecule has 0 radical (unpaired) electrons. The van der Waals surface area contributed by atoms with Crippen LogP contribution in [-0.2, 0) is 11.2 Å². The van der Waals surface area contributed by atoms with E-state index in [0.29, 0.717) is 17.3 Å². The molecule has 0 spiro atoms. The van der Waals surface area contributed by atoms with Crippen LogP contribution < -0.4 is 10.1 Å². The van der Waals surface area contributed by atoms with Gasteiger partial charge >= 0.3 is 0 Å². The highest BCUT2D eigenvalue weighted by Gasteiger charge is 2.12. The van der Waals surface area contributed by atoms with E-state index in [1.165, 1.54) is 16.7 Å². The number of nitriles is 1. The molecule has 5 heteroatoms. The molecule has 0 bridgehead atoms. The van der Waals surface area contributed by atoms with Crippen LogP contribution in [0.15, 0.2) is 66.2 Å². The number of nitrogens with one attached hydrogen (secondary N) is 1. The Balaban J connectivity index is 1.85. The normalized spacial score (nSPS) is 11.0. The Morgan fingerprint density at radius 2 is 1.75 bits per heavy atom. The molecular weight excluding hydrogens is 420 g/mol. The maximum absolute atomic E-state index is 12.5. The number of rotatable bonds is 7. The number of nitrogens with zero attached hydrogens (tertiary/aromatic N) is 1. The van der Waals surface area contributed by atoms with E-state index in [4.69, 9.17) is 16.3 Å². The summed E-state index contributed by atoms with van der Waals surface area (Å²) in [6.45, 7) is 6.64. The molecule has 0 aliphatic heterocycles. The van der Waals surface area contributed by atoms with Gasteiger partial charge in [-0.2, -0.15) is 5.26 Å². The summed E-state index contributed by atoms with van der Waals surface area (Å²) >= 11 is 5.88. The van der Waals surface area contributed by atoms with Crippen molar-refractivity contribution in [1.29, 1.82) is 5.26 Å². The first-order valence-electron chi connectivity index (χ1n) is 10.4. The molecule has 0 saturated heterocycles. The zero-order chi connectivity index (χ0) is 23.1. The summed E-state index contributed by atoms with van der Waals surface area (Å²) in [4.78, 5) is 12.5. The van der Waals surface area contributed by atoms with Crippen molar-refractivity contribution in [2.45, 2.75) is 27.2 Å². The van der Waals surface area contributed by atoms with Gasteiger partial charge in [0.25, 0.3) is 5.91 Å². The van der Waals surface area contributed by atoms with Crippen LogP contribution in [0, 0.1) is 25.2 Å². The van der Waals surface area contributed by atoms with E-state index in [9.17, 15) is 10.1 Å². The molecule has 0 atom stereocenters. The van der Waals surface area contributed by atoms with Gasteiger partial charge in [-0.25, -0.2) is 0 Å². The smallest absolute Gasteiger partial charge is 0.266 e. The van der Waals surface area contributed by atoms with E-state index >= 15 is 0 Å². The number of halogens is 1. The topological polar surface area (TPSA) is 62.1 Å². The summed E-state index contributed by atoms with van der Waals surface area (Å²) in [5, 5.41) is 12.8. The summed E-state index contributed by atoms with van der Waals surface area (Å²) in [5.41, 5.74) is 6.01. The molecule has 3 aromatic carbocycles. The molecule has 1 N–H and O–H groups in total. The second-order valence-corrected chi connectivity index (χ2v) is 8.04. The summed E-state index contributed by atoms with van der Waals surface area (Å²) < 4.78 is 5.87. The van der Waals surface area contributed by atoms with Gasteiger partial charge in [0.15, 0.2) is 0 Å². The van der Waals surface area contributed by atoms with Gasteiger partial charge in [0.05, 0.1) is 6.61 Å². The first kappa shape index (κ1) is 23.1. The van der Waals surface area contributed by atoms with E-state index < -0.39 is 5.91 Å². The van der Waals surface area contributed by atoms with Gasteiger partial charge in [-0.05, 0) is 73.9 Å². The second kappa shape index (κ2) is 10.7. The highest BCUT2D eigenvalue weighted by molar-refractivity contribution is 6.30. The highest BCUT2D eigenvalue weighted by Crippen LogP contribution is 2.26. The minimum Gasteiger partial charge on any atom is -0.494 e. The lowest BCUT2D eigenvalue weighted by atomic mass is 9.98. The Kier molecular flexibility index (Phi) is 7.70. The fourth-order valence-electron chi connectivity index (χ4n) is 3.53. The van der Waals surface area contributed by atoms with Crippen LogP contribution in [0.3, 0.4) is 0 Å². The zero-order valence-electron chi connectivity index (χ0n) is 18.4. The van der Waals surface area contributed by atoms with Crippen molar-refractivity contribution in [3.05, 3.63) is 99.1 Å². The third-order valence-corrected chi connectivity index (χ3v) is 5.10. The quantitative estimate of drug-likeness (QED) is 0.334. The average molecular weight is 445 g/mol. The minimum absolute atomic E-state index is 0.00413. The second-order valence-electron chi connectivity index (χ2n) is 7.60. The molecule has 0 heterocycles. The lowest BCUT2D eigenvalue weighted by Crippen LogP contribution is -2.13.